The van der Waals surface area contributed by atoms with Crippen LogP contribution in [0.15, 0.2) is 24.3 Å². The summed E-state index contributed by atoms with van der Waals surface area (Å²) in [6.45, 7) is 0.908. The van der Waals surface area contributed by atoms with Gasteiger partial charge < -0.3 is 10.6 Å². The summed E-state index contributed by atoms with van der Waals surface area (Å²) >= 11 is 0. The highest BCUT2D eigenvalue weighted by Gasteiger charge is 2.26. The number of nitrogens with one attached hydrogen (secondary N) is 2. The van der Waals surface area contributed by atoms with Crippen molar-refractivity contribution >= 4 is 5.91 Å². The van der Waals surface area contributed by atoms with Gasteiger partial charge in [-0.15, -0.1) is 0 Å². The van der Waals surface area contributed by atoms with Crippen molar-refractivity contribution in [2.45, 2.75) is 19.5 Å². The molecular formula is C13H17F3N2O. The minimum Gasteiger partial charge on any atom is -0.355 e. The first kappa shape index (κ1) is 15.5. The first-order valence-corrected chi connectivity index (χ1v) is 5.97. The van der Waals surface area contributed by atoms with Gasteiger partial charge in [0, 0.05) is 6.54 Å². The number of hydrogen-bond donors (Lipinski definition) is 2. The van der Waals surface area contributed by atoms with Gasteiger partial charge >= 0.3 is 6.18 Å². The maximum absolute atomic E-state index is 11.8. The normalized spacial score (nSPS) is 11.4. The van der Waals surface area contributed by atoms with E-state index in [1.807, 2.05) is 36.5 Å². The molecule has 0 atom stereocenters. The van der Waals surface area contributed by atoms with Crippen LogP contribution < -0.4 is 10.6 Å². The molecule has 1 rings (SSSR count). The Morgan fingerprint density at radius 2 is 1.95 bits per heavy atom. The standard InChI is InChI=1S/C13H17F3N2O/c1-10-4-2-3-5-11(10)6-7-18-12(19)8-17-9-13(14,15)16/h2-5,17H,6-9H2,1H3,(H,18,19). The van der Waals surface area contributed by atoms with Crippen LogP contribution in [0.1, 0.15) is 11.1 Å². The van der Waals surface area contributed by atoms with E-state index in [4.69, 9.17) is 0 Å². The molecule has 0 radical (unpaired) electrons. The average molecular weight is 274 g/mol. The van der Waals surface area contributed by atoms with Crippen molar-refractivity contribution in [1.82, 2.24) is 10.6 Å². The molecule has 19 heavy (non-hydrogen) atoms. The van der Waals surface area contributed by atoms with Crippen LogP contribution in [0, 0.1) is 6.92 Å². The number of halogens is 3. The zero-order chi connectivity index (χ0) is 14.3. The minimum absolute atomic E-state index is 0.326. The molecule has 0 aliphatic heterocycles. The fourth-order valence-corrected chi connectivity index (χ4v) is 1.61. The van der Waals surface area contributed by atoms with E-state index in [1.165, 1.54) is 0 Å². The predicted molar refractivity (Wildman–Crippen MR) is 66.8 cm³/mol. The van der Waals surface area contributed by atoms with Crippen LogP contribution in [-0.4, -0.2) is 31.7 Å². The van der Waals surface area contributed by atoms with Crippen molar-refractivity contribution in [2.24, 2.45) is 0 Å². The summed E-state index contributed by atoms with van der Waals surface area (Å²) in [5.41, 5.74) is 2.25. The van der Waals surface area contributed by atoms with E-state index in [2.05, 4.69) is 5.32 Å². The number of benzene rings is 1. The van der Waals surface area contributed by atoms with Gasteiger partial charge in [0.25, 0.3) is 0 Å². The Morgan fingerprint density at radius 3 is 2.58 bits per heavy atom. The van der Waals surface area contributed by atoms with Crippen LogP contribution in [0.25, 0.3) is 0 Å². The number of amides is 1. The van der Waals surface area contributed by atoms with Gasteiger partial charge in [-0.05, 0) is 24.5 Å². The molecule has 1 amide bonds. The molecular weight excluding hydrogens is 257 g/mol. The Kier molecular flexibility index (Phi) is 5.82. The molecule has 0 heterocycles. The van der Waals surface area contributed by atoms with Gasteiger partial charge in [0.15, 0.2) is 0 Å². The Labute approximate surface area is 110 Å². The lowest BCUT2D eigenvalue weighted by Gasteiger charge is -2.09. The van der Waals surface area contributed by atoms with Crippen LogP contribution in [0.4, 0.5) is 13.2 Å². The Morgan fingerprint density at radius 1 is 1.26 bits per heavy atom. The molecule has 0 aliphatic rings. The van der Waals surface area contributed by atoms with Crippen molar-refractivity contribution in [3.63, 3.8) is 0 Å². The SMILES string of the molecule is Cc1ccccc1CCNC(=O)CNCC(F)(F)F. The Hall–Kier alpha value is -1.56. The van der Waals surface area contributed by atoms with Crippen LogP contribution in [0.2, 0.25) is 0 Å². The van der Waals surface area contributed by atoms with Gasteiger partial charge in [0.1, 0.15) is 0 Å². The summed E-state index contributed by atoms with van der Waals surface area (Å²) in [5, 5.41) is 4.62. The van der Waals surface area contributed by atoms with Crippen molar-refractivity contribution < 1.29 is 18.0 Å². The van der Waals surface area contributed by atoms with E-state index >= 15 is 0 Å². The predicted octanol–water partition coefficient (Wildman–Crippen LogP) is 1.81. The van der Waals surface area contributed by atoms with E-state index in [1.54, 1.807) is 0 Å². The third kappa shape index (κ3) is 6.81. The highest BCUT2D eigenvalue weighted by Crippen LogP contribution is 2.11. The van der Waals surface area contributed by atoms with Gasteiger partial charge in [0.2, 0.25) is 5.91 Å². The smallest absolute Gasteiger partial charge is 0.355 e. The van der Waals surface area contributed by atoms with Crippen LogP contribution in [0.5, 0.6) is 0 Å². The van der Waals surface area contributed by atoms with Gasteiger partial charge in [-0.3, -0.25) is 4.79 Å². The number of carbonyl (C=O) groups is 1. The molecule has 0 spiro atoms. The van der Waals surface area contributed by atoms with Gasteiger partial charge in [-0.1, -0.05) is 24.3 Å². The van der Waals surface area contributed by atoms with Crippen molar-refractivity contribution in [3.8, 4) is 0 Å². The first-order valence-electron chi connectivity index (χ1n) is 5.97. The number of aryl methyl sites for hydroxylation is 1. The molecule has 0 saturated heterocycles. The van der Waals surface area contributed by atoms with Crippen molar-refractivity contribution in [3.05, 3.63) is 35.4 Å². The van der Waals surface area contributed by atoms with Crippen LogP contribution >= 0.6 is 0 Å². The third-order valence-corrected chi connectivity index (χ3v) is 2.59. The molecule has 1 aromatic carbocycles. The third-order valence-electron chi connectivity index (χ3n) is 2.59. The monoisotopic (exact) mass is 274 g/mol. The maximum Gasteiger partial charge on any atom is 0.401 e. The molecule has 0 fully saturated rings. The average Bonchev–Trinajstić information content (AvgIpc) is 2.30. The summed E-state index contributed by atoms with van der Waals surface area (Å²) in [4.78, 5) is 11.3. The van der Waals surface area contributed by atoms with Gasteiger partial charge in [-0.2, -0.15) is 13.2 Å². The summed E-state index contributed by atoms with van der Waals surface area (Å²) in [6.07, 6.45) is -3.63. The fourth-order valence-electron chi connectivity index (χ4n) is 1.61. The lowest BCUT2D eigenvalue weighted by Crippen LogP contribution is -2.38. The van der Waals surface area contributed by atoms with Crippen LogP contribution in [0.3, 0.4) is 0 Å². The molecule has 0 bridgehead atoms. The lowest BCUT2D eigenvalue weighted by molar-refractivity contribution is -0.128. The number of carbonyl (C=O) groups excluding carboxylic acids is 1. The fraction of sp³-hybridized carbons (Fsp3) is 0.462. The quantitative estimate of drug-likeness (QED) is 0.830. The van der Waals surface area contributed by atoms with Crippen molar-refractivity contribution in [1.29, 1.82) is 0 Å². The maximum atomic E-state index is 11.8. The number of alkyl halides is 3. The number of hydrogen-bond acceptors (Lipinski definition) is 2. The molecule has 3 nitrogen and oxygen atoms in total. The first-order chi connectivity index (χ1) is 8.88. The largest absolute Gasteiger partial charge is 0.401 e. The zero-order valence-electron chi connectivity index (χ0n) is 10.7. The highest BCUT2D eigenvalue weighted by atomic mass is 19.4. The van der Waals surface area contributed by atoms with E-state index in [0.717, 1.165) is 11.1 Å². The zero-order valence-corrected chi connectivity index (χ0v) is 10.7. The van der Waals surface area contributed by atoms with Gasteiger partial charge in [-0.25, -0.2) is 0 Å². The molecule has 6 heteroatoms. The molecule has 0 saturated carbocycles. The molecule has 0 aliphatic carbocycles. The second-order valence-electron chi connectivity index (χ2n) is 4.25. The van der Waals surface area contributed by atoms with E-state index in [-0.39, 0.29) is 6.54 Å². The summed E-state index contributed by atoms with van der Waals surface area (Å²) in [5.74, 6) is -0.433. The lowest BCUT2D eigenvalue weighted by atomic mass is 10.1. The summed E-state index contributed by atoms with van der Waals surface area (Å²) in [6, 6.07) is 7.78. The van der Waals surface area contributed by atoms with E-state index < -0.39 is 18.6 Å². The second-order valence-corrected chi connectivity index (χ2v) is 4.25. The summed E-state index contributed by atoms with van der Waals surface area (Å²) in [7, 11) is 0. The van der Waals surface area contributed by atoms with Crippen molar-refractivity contribution in [2.75, 3.05) is 19.6 Å². The molecule has 106 valence electrons. The Bertz CT molecular complexity index is 419. The topological polar surface area (TPSA) is 41.1 Å². The second kappa shape index (κ2) is 7.13. The molecule has 0 unspecified atom stereocenters. The highest BCUT2D eigenvalue weighted by molar-refractivity contribution is 5.77. The minimum atomic E-state index is -4.29. The van der Waals surface area contributed by atoms with E-state index in [9.17, 15) is 18.0 Å². The summed E-state index contributed by atoms with van der Waals surface area (Å²) < 4.78 is 35.5. The number of rotatable bonds is 6. The van der Waals surface area contributed by atoms with Gasteiger partial charge in [0.05, 0.1) is 13.1 Å². The van der Waals surface area contributed by atoms with Crippen LogP contribution in [-0.2, 0) is 11.2 Å². The molecule has 0 aromatic heterocycles. The Balaban J connectivity index is 2.19. The molecule has 1 aromatic rings. The van der Waals surface area contributed by atoms with E-state index in [0.29, 0.717) is 13.0 Å². The molecule has 2 N–H and O–H groups in total.